The Kier molecular flexibility index (Phi) is 2.37. The molecule has 1 fully saturated rings. The van der Waals surface area contributed by atoms with Crippen molar-refractivity contribution in [3.05, 3.63) is 35.5 Å². The summed E-state index contributed by atoms with van der Waals surface area (Å²) in [5.74, 6) is -0.0578. The molecule has 0 radical (unpaired) electrons. The van der Waals surface area contributed by atoms with Crippen molar-refractivity contribution in [2.75, 3.05) is 13.2 Å². The number of hydroxylamine groups is 2. The van der Waals surface area contributed by atoms with Crippen LogP contribution in [0.25, 0.3) is 10.9 Å². The number of fused-ring (bicyclic) bond motifs is 1. The van der Waals surface area contributed by atoms with Crippen LogP contribution in [0.4, 0.5) is 0 Å². The number of nitrogens with zero attached hydrogens (tertiary/aromatic N) is 1. The minimum Gasteiger partial charge on any atom is -0.360 e. The number of H-pyrrole nitrogens is 1. The summed E-state index contributed by atoms with van der Waals surface area (Å²) in [5, 5.41) is 2.40. The van der Waals surface area contributed by atoms with Gasteiger partial charge in [-0.1, -0.05) is 12.1 Å². The van der Waals surface area contributed by atoms with Crippen LogP contribution in [-0.2, 0) is 4.84 Å². The van der Waals surface area contributed by atoms with Gasteiger partial charge in [0.1, 0.15) is 0 Å². The molecule has 1 amide bonds. The summed E-state index contributed by atoms with van der Waals surface area (Å²) in [6, 6.07) is 6.03. The molecule has 4 nitrogen and oxygen atoms in total. The lowest BCUT2D eigenvalue weighted by Gasteiger charge is -2.12. The third kappa shape index (κ3) is 1.70. The van der Waals surface area contributed by atoms with Crippen molar-refractivity contribution < 1.29 is 9.63 Å². The van der Waals surface area contributed by atoms with E-state index >= 15 is 0 Å². The third-order valence-corrected chi connectivity index (χ3v) is 3.05. The molecule has 2 heterocycles. The second-order valence-corrected chi connectivity index (χ2v) is 4.35. The minimum atomic E-state index is -0.0578. The number of benzene rings is 1. The Labute approximate surface area is 99.1 Å². The molecule has 0 bridgehead atoms. The van der Waals surface area contributed by atoms with Gasteiger partial charge >= 0.3 is 0 Å². The second kappa shape index (κ2) is 3.89. The number of aryl methyl sites for hydroxylation is 1. The van der Waals surface area contributed by atoms with E-state index in [1.54, 1.807) is 6.20 Å². The van der Waals surface area contributed by atoms with Gasteiger partial charge in [-0.05, 0) is 25.0 Å². The van der Waals surface area contributed by atoms with Gasteiger partial charge in [0.2, 0.25) is 0 Å². The molecule has 1 aliphatic rings. The Morgan fingerprint density at radius 1 is 1.47 bits per heavy atom. The molecule has 0 spiro atoms. The number of aromatic nitrogens is 1. The van der Waals surface area contributed by atoms with E-state index in [0.29, 0.717) is 18.7 Å². The van der Waals surface area contributed by atoms with Gasteiger partial charge in [0.05, 0.1) is 18.7 Å². The maximum Gasteiger partial charge on any atom is 0.279 e. The summed E-state index contributed by atoms with van der Waals surface area (Å²) in [7, 11) is 0. The fraction of sp³-hybridized carbons (Fsp3) is 0.308. The quantitative estimate of drug-likeness (QED) is 0.816. The monoisotopic (exact) mass is 230 g/mol. The summed E-state index contributed by atoms with van der Waals surface area (Å²) in [4.78, 5) is 20.6. The number of hydrogen-bond donors (Lipinski definition) is 1. The highest BCUT2D eigenvalue weighted by atomic mass is 16.7. The first-order chi connectivity index (χ1) is 8.25. The number of hydrogen-bond acceptors (Lipinski definition) is 2. The van der Waals surface area contributed by atoms with E-state index in [2.05, 4.69) is 4.98 Å². The lowest BCUT2D eigenvalue weighted by Crippen LogP contribution is -2.26. The first kappa shape index (κ1) is 10.4. The van der Waals surface area contributed by atoms with Crippen LogP contribution >= 0.6 is 0 Å². The van der Waals surface area contributed by atoms with Gasteiger partial charge in [-0.3, -0.25) is 9.63 Å². The molecule has 17 heavy (non-hydrogen) atoms. The van der Waals surface area contributed by atoms with E-state index in [-0.39, 0.29) is 5.91 Å². The molecule has 0 unspecified atom stereocenters. The molecule has 1 aromatic heterocycles. The predicted octanol–water partition coefficient (Wildman–Crippen LogP) is 2.25. The van der Waals surface area contributed by atoms with E-state index in [0.717, 1.165) is 17.3 Å². The molecule has 88 valence electrons. The van der Waals surface area contributed by atoms with E-state index in [1.807, 2.05) is 25.1 Å². The van der Waals surface area contributed by atoms with Gasteiger partial charge in [0, 0.05) is 17.1 Å². The molecular weight excluding hydrogens is 216 g/mol. The van der Waals surface area contributed by atoms with Crippen LogP contribution in [0.2, 0.25) is 0 Å². The predicted molar refractivity (Wildman–Crippen MR) is 64.6 cm³/mol. The first-order valence-corrected chi connectivity index (χ1v) is 5.78. The Hall–Kier alpha value is -1.81. The highest BCUT2D eigenvalue weighted by molar-refractivity contribution is 6.06. The van der Waals surface area contributed by atoms with Crippen molar-refractivity contribution in [3.63, 3.8) is 0 Å². The summed E-state index contributed by atoms with van der Waals surface area (Å²) in [6.45, 7) is 3.34. The van der Waals surface area contributed by atoms with Gasteiger partial charge in [-0.15, -0.1) is 0 Å². The van der Waals surface area contributed by atoms with Crippen molar-refractivity contribution in [1.82, 2.24) is 10.0 Å². The zero-order chi connectivity index (χ0) is 11.8. The van der Waals surface area contributed by atoms with Crippen LogP contribution in [0.5, 0.6) is 0 Å². The first-order valence-electron chi connectivity index (χ1n) is 5.78. The van der Waals surface area contributed by atoms with Gasteiger partial charge in [0.25, 0.3) is 5.91 Å². The minimum absolute atomic E-state index is 0.0578. The number of amides is 1. The summed E-state index contributed by atoms with van der Waals surface area (Å²) >= 11 is 0. The Balaban J connectivity index is 2.02. The number of nitrogens with one attached hydrogen (secondary N) is 1. The van der Waals surface area contributed by atoms with Gasteiger partial charge < -0.3 is 4.98 Å². The highest BCUT2D eigenvalue weighted by Crippen LogP contribution is 2.22. The molecule has 0 atom stereocenters. The Bertz CT molecular complexity index is 568. The van der Waals surface area contributed by atoms with Crippen LogP contribution in [0.15, 0.2) is 24.4 Å². The third-order valence-electron chi connectivity index (χ3n) is 3.05. The van der Waals surface area contributed by atoms with E-state index in [1.165, 1.54) is 10.6 Å². The van der Waals surface area contributed by atoms with E-state index in [4.69, 9.17) is 4.84 Å². The van der Waals surface area contributed by atoms with Crippen molar-refractivity contribution in [1.29, 1.82) is 0 Å². The number of aromatic amines is 1. The van der Waals surface area contributed by atoms with Gasteiger partial charge in [-0.25, -0.2) is 5.06 Å². The summed E-state index contributed by atoms with van der Waals surface area (Å²) in [6.07, 6.45) is 2.67. The van der Waals surface area contributed by atoms with Crippen LogP contribution in [0.1, 0.15) is 22.3 Å². The maximum absolute atomic E-state index is 12.2. The fourth-order valence-electron chi connectivity index (χ4n) is 2.16. The standard InChI is InChI=1S/C13H14N2O2/c1-9-3-4-10-11(8-14-12(10)7-9)13(16)15-5-2-6-17-15/h3-4,7-8,14H,2,5-6H2,1H3. The van der Waals surface area contributed by atoms with Crippen molar-refractivity contribution in [2.45, 2.75) is 13.3 Å². The average molecular weight is 230 g/mol. The number of rotatable bonds is 1. The molecular formula is C13H14N2O2. The maximum atomic E-state index is 12.2. The smallest absolute Gasteiger partial charge is 0.279 e. The van der Waals surface area contributed by atoms with Gasteiger partial charge in [0.15, 0.2) is 0 Å². The molecule has 1 aliphatic heterocycles. The van der Waals surface area contributed by atoms with Crippen LogP contribution in [-0.4, -0.2) is 29.1 Å². The molecule has 2 aromatic rings. The van der Waals surface area contributed by atoms with E-state index < -0.39 is 0 Å². The number of carbonyl (C=O) groups is 1. The molecule has 3 rings (SSSR count). The van der Waals surface area contributed by atoms with Crippen LogP contribution in [0.3, 0.4) is 0 Å². The molecule has 1 N–H and O–H groups in total. The van der Waals surface area contributed by atoms with Crippen molar-refractivity contribution in [3.8, 4) is 0 Å². The van der Waals surface area contributed by atoms with Crippen LogP contribution in [0, 0.1) is 6.92 Å². The molecule has 0 aliphatic carbocycles. The normalized spacial score (nSPS) is 15.7. The zero-order valence-corrected chi connectivity index (χ0v) is 9.69. The lowest BCUT2D eigenvalue weighted by molar-refractivity contribution is -0.0767. The summed E-state index contributed by atoms with van der Waals surface area (Å²) < 4.78 is 0. The largest absolute Gasteiger partial charge is 0.360 e. The average Bonchev–Trinajstić information content (AvgIpc) is 2.96. The van der Waals surface area contributed by atoms with Crippen molar-refractivity contribution in [2.24, 2.45) is 0 Å². The molecule has 1 saturated heterocycles. The summed E-state index contributed by atoms with van der Waals surface area (Å²) in [5.41, 5.74) is 2.85. The van der Waals surface area contributed by atoms with Gasteiger partial charge in [-0.2, -0.15) is 0 Å². The molecule has 1 aromatic carbocycles. The highest BCUT2D eigenvalue weighted by Gasteiger charge is 2.23. The topological polar surface area (TPSA) is 45.3 Å². The SMILES string of the molecule is Cc1ccc2c(C(=O)N3CCCO3)c[nH]c2c1. The van der Waals surface area contributed by atoms with Crippen molar-refractivity contribution >= 4 is 16.8 Å². The molecule has 4 heteroatoms. The fourth-order valence-corrected chi connectivity index (χ4v) is 2.16. The van der Waals surface area contributed by atoms with E-state index in [9.17, 15) is 4.79 Å². The Morgan fingerprint density at radius 2 is 2.35 bits per heavy atom. The molecule has 0 saturated carbocycles. The Morgan fingerprint density at radius 3 is 3.12 bits per heavy atom. The zero-order valence-electron chi connectivity index (χ0n) is 9.69. The lowest BCUT2D eigenvalue weighted by atomic mass is 10.1. The number of carbonyl (C=O) groups excluding carboxylic acids is 1. The second-order valence-electron chi connectivity index (χ2n) is 4.35. The van der Waals surface area contributed by atoms with Crippen LogP contribution < -0.4 is 0 Å².